The second-order valence-corrected chi connectivity index (χ2v) is 3.29. The highest BCUT2D eigenvalue weighted by molar-refractivity contribution is 5.94. The summed E-state index contributed by atoms with van der Waals surface area (Å²) in [5, 5.41) is 2.84. The Balaban J connectivity index is 2.52. The summed E-state index contributed by atoms with van der Waals surface area (Å²) in [7, 11) is 1.70. The fourth-order valence-electron chi connectivity index (χ4n) is 1.14. The van der Waals surface area contributed by atoms with Crippen molar-refractivity contribution in [3.63, 3.8) is 0 Å². The van der Waals surface area contributed by atoms with E-state index in [1.165, 1.54) is 0 Å². The van der Waals surface area contributed by atoms with E-state index in [1.54, 1.807) is 43.9 Å². The van der Waals surface area contributed by atoms with E-state index in [9.17, 15) is 4.79 Å². The highest BCUT2D eigenvalue weighted by Crippen LogP contribution is 1.97. The molecule has 0 bridgehead atoms. The van der Waals surface area contributed by atoms with Gasteiger partial charge >= 0.3 is 0 Å². The van der Waals surface area contributed by atoms with E-state index < -0.39 is 0 Å². The first-order chi connectivity index (χ1) is 7.74. The first-order valence-electron chi connectivity index (χ1n) is 5.04. The van der Waals surface area contributed by atoms with Crippen molar-refractivity contribution < 1.29 is 4.79 Å². The quantitative estimate of drug-likeness (QED) is 0.776. The molecule has 1 heterocycles. The zero-order valence-corrected chi connectivity index (χ0v) is 9.42. The number of rotatable bonds is 4. The Morgan fingerprint density at radius 3 is 2.81 bits per heavy atom. The predicted octanol–water partition coefficient (Wildman–Crippen LogP) is 1.46. The van der Waals surface area contributed by atoms with Gasteiger partial charge in [0.1, 0.15) is 0 Å². The molecule has 0 aromatic carbocycles. The lowest BCUT2D eigenvalue weighted by molar-refractivity contribution is 0.0947. The first-order valence-corrected chi connectivity index (χ1v) is 5.04. The van der Waals surface area contributed by atoms with Crippen LogP contribution in [0.4, 0.5) is 0 Å². The highest BCUT2D eigenvalue weighted by Gasteiger charge is 2.06. The summed E-state index contributed by atoms with van der Waals surface area (Å²) >= 11 is 0. The number of pyridine rings is 1. The Morgan fingerprint density at radius 1 is 1.50 bits per heavy atom. The molecule has 0 saturated carbocycles. The largest absolute Gasteiger partial charge is 0.346 e. The monoisotopic (exact) mass is 217 g/mol. The lowest BCUT2D eigenvalue weighted by Crippen LogP contribution is -2.31. The molecule has 0 spiro atoms. The van der Waals surface area contributed by atoms with Crippen molar-refractivity contribution in [2.75, 3.05) is 7.05 Å². The van der Waals surface area contributed by atoms with Crippen LogP contribution in [0.3, 0.4) is 0 Å². The summed E-state index contributed by atoms with van der Waals surface area (Å²) in [4.78, 5) is 19.3. The minimum absolute atomic E-state index is 0.0290. The third-order valence-electron chi connectivity index (χ3n) is 1.94. The van der Waals surface area contributed by atoms with E-state index >= 15 is 0 Å². The molecule has 1 N–H and O–H groups in total. The molecule has 1 atom stereocenters. The van der Waals surface area contributed by atoms with Gasteiger partial charge in [-0.1, -0.05) is 6.08 Å². The van der Waals surface area contributed by atoms with Crippen LogP contribution in [0, 0.1) is 0 Å². The van der Waals surface area contributed by atoms with E-state index in [0.717, 1.165) is 0 Å². The second kappa shape index (κ2) is 6.50. The molecule has 16 heavy (non-hydrogen) atoms. The minimum Gasteiger partial charge on any atom is -0.346 e. The minimum atomic E-state index is -0.104. The number of hydrogen-bond acceptors (Lipinski definition) is 3. The topological polar surface area (TPSA) is 54.4 Å². The molecule has 1 rings (SSSR count). The van der Waals surface area contributed by atoms with Crippen LogP contribution in [0.25, 0.3) is 0 Å². The van der Waals surface area contributed by atoms with Crippen molar-refractivity contribution in [2.24, 2.45) is 4.99 Å². The van der Waals surface area contributed by atoms with Gasteiger partial charge in [0, 0.05) is 37.3 Å². The number of allylic oxidation sites excluding steroid dienone is 1. The van der Waals surface area contributed by atoms with E-state index in [1.807, 2.05) is 13.0 Å². The first kappa shape index (κ1) is 12.1. The molecule has 4 heteroatoms. The second-order valence-electron chi connectivity index (χ2n) is 3.29. The average molecular weight is 217 g/mol. The lowest BCUT2D eigenvalue weighted by Gasteiger charge is -2.08. The van der Waals surface area contributed by atoms with Crippen LogP contribution in [0.1, 0.15) is 17.3 Å². The van der Waals surface area contributed by atoms with E-state index in [0.29, 0.717) is 5.56 Å². The maximum absolute atomic E-state index is 11.7. The number of nitrogens with zero attached hydrogens (tertiary/aromatic N) is 2. The molecule has 4 nitrogen and oxygen atoms in total. The summed E-state index contributed by atoms with van der Waals surface area (Å²) < 4.78 is 0. The molecule has 0 saturated heterocycles. The number of carbonyl (C=O) groups is 1. The Kier molecular flexibility index (Phi) is 4.92. The maximum Gasteiger partial charge on any atom is 0.251 e. The van der Waals surface area contributed by atoms with Crippen LogP contribution >= 0.6 is 0 Å². The van der Waals surface area contributed by atoms with Crippen molar-refractivity contribution in [1.29, 1.82) is 0 Å². The van der Waals surface area contributed by atoms with Crippen LogP contribution in [0.5, 0.6) is 0 Å². The van der Waals surface area contributed by atoms with Crippen molar-refractivity contribution >= 4 is 12.1 Å². The molecule has 84 valence electrons. The number of aliphatic imine (C=N–C) groups is 1. The summed E-state index contributed by atoms with van der Waals surface area (Å²) in [6.45, 7) is 1.90. The van der Waals surface area contributed by atoms with Gasteiger partial charge in [0.05, 0.1) is 0 Å². The van der Waals surface area contributed by atoms with Crippen molar-refractivity contribution in [2.45, 2.75) is 13.0 Å². The van der Waals surface area contributed by atoms with Gasteiger partial charge in [-0.25, -0.2) is 0 Å². The molecule has 0 fully saturated rings. The smallest absolute Gasteiger partial charge is 0.251 e. The number of carbonyl (C=O) groups excluding carboxylic acids is 1. The number of hydrogen-bond donors (Lipinski definition) is 1. The molecule has 1 amide bonds. The molecule has 0 aliphatic heterocycles. The predicted molar refractivity (Wildman–Crippen MR) is 64.7 cm³/mol. The number of nitrogens with one attached hydrogen (secondary N) is 1. The van der Waals surface area contributed by atoms with Gasteiger partial charge in [-0.2, -0.15) is 0 Å². The number of aromatic nitrogens is 1. The van der Waals surface area contributed by atoms with Crippen molar-refractivity contribution in [3.05, 3.63) is 42.2 Å². The normalized spacial score (nSPS) is 13.1. The third-order valence-corrected chi connectivity index (χ3v) is 1.94. The summed E-state index contributed by atoms with van der Waals surface area (Å²) in [5.41, 5.74) is 0.611. The van der Waals surface area contributed by atoms with Gasteiger partial charge in [0.2, 0.25) is 0 Å². The van der Waals surface area contributed by atoms with Gasteiger partial charge in [-0.15, -0.1) is 0 Å². The SMILES string of the molecule is CN=C/C=C\C(C)NC(=O)c1ccncc1. The van der Waals surface area contributed by atoms with Crippen molar-refractivity contribution in [1.82, 2.24) is 10.3 Å². The van der Waals surface area contributed by atoms with Gasteiger partial charge in [-0.05, 0) is 25.1 Å². The summed E-state index contributed by atoms with van der Waals surface area (Å²) in [6, 6.07) is 3.33. The van der Waals surface area contributed by atoms with Gasteiger partial charge in [0.25, 0.3) is 5.91 Å². The average Bonchev–Trinajstić information content (AvgIpc) is 2.30. The van der Waals surface area contributed by atoms with Crippen LogP contribution in [-0.4, -0.2) is 30.2 Å². The van der Waals surface area contributed by atoms with E-state index in [-0.39, 0.29) is 11.9 Å². The fourth-order valence-corrected chi connectivity index (χ4v) is 1.14. The zero-order valence-electron chi connectivity index (χ0n) is 9.42. The number of amides is 1. The molecule has 0 aliphatic carbocycles. The molecular weight excluding hydrogens is 202 g/mol. The third kappa shape index (κ3) is 4.04. The zero-order chi connectivity index (χ0) is 11.8. The Bertz CT molecular complexity index is 385. The van der Waals surface area contributed by atoms with Crippen LogP contribution in [-0.2, 0) is 0 Å². The lowest BCUT2D eigenvalue weighted by atomic mass is 10.2. The van der Waals surface area contributed by atoms with Crippen LogP contribution in [0.2, 0.25) is 0 Å². The standard InChI is InChI=1S/C12H15N3O/c1-10(4-3-7-13-2)15-12(16)11-5-8-14-9-6-11/h3-10H,1-2H3,(H,15,16)/b4-3-,13-7?. The Labute approximate surface area is 95.1 Å². The van der Waals surface area contributed by atoms with Crippen LogP contribution in [0.15, 0.2) is 41.7 Å². The molecule has 0 radical (unpaired) electrons. The van der Waals surface area contributed by atoms with E-state index in [4.69, 9.17) is 0 Å². The van der Waals surface area contributed by atoms with Crippen molar-refractivity contribution in [3.8, 4) is 0 Å². The summed E-state index contributed by atoms with van der Waals surface area (Å²) in [6.07, 6.45) is 8.54. The molecule has 1 unspecified atom stereocenters. The molecular formula is C12H15N3O. The highest BCUT2D eigenvalue weighted by atomic mass is 16.1. The Morgan fingerprint density at radius 2 is 2.19 bits per heavy atom. The fraction of sp³-hybridized carbons (Fsp3) is 0.250. The van der Waals surface area contributed by atoms with Crippen LogP contribution < -0.4 is 5.32 Å². The maximum atomic E-state index is 11.7. The summed E-state index contributed by atoms with van der Waals surface area (Å²) in [5.74, 6) is -0.104. The molecule has 1 aromatic rings. The van der Waals surface area contributed by atoms with E-state index in [2.05, 4.69) is 15.3 Å². The molecule has 1 aromatic heterocycles. The van der Waals surface area contributed by atoms with Gasteiger partial charge in [-0.3, -0.25) is 14.8 Å². The Hall–Kier alpha value is -1.97. The van der Waals surface area contributed by atoms with Gasteiger partial charge < -0.3 is 5.32 Å². The molecule has 0 aliphatic rings. The van der Waals surface area contributed by atoms with Gasteiger partial charge in [0.15, 0.2) is 0 Å².